The zero-order valence-electron chi connectivity index (χ0n) is 8.92. The minimum atomic E-state index is -2.58. The summed E-state index contributed by atoms with van der Waals surface area (Å²) in [4.78, 5) is 32.8. The number of hydrogen-bond acceptors (Lipinski definition) is 6. The van der Waals surface area contributed by atoms with Crippen molar-refractivity contribution in [3.63, 3.8) is 0 Å². The Balaban J connectivity index is 4.72. The van der Waals surface area contributed by atoms with Gasteiger partial charge in [-0.15, -0.1) is 0 Å². The van der Waals surface area contributed by atoms with Crippen molar-refractivity contribution in [2.45, 2.75) is 18.4 Å². The highest BCUT2D eigenvalue weighted by molar-refractivity contribution is 5.89. The molecule has 0 amide bonds. The standard InChI is InChI=1S/C10H12O7/c1-3-16-7(11)5-10(15,9(13)14)6-8(12)17-4-2/h3-4,15H,1-2,5-6H2,(H,13,14). The number of carbonyl (C=O) groups excluding carboxylic acids is 2. The average Bonchev–Trinajstić information content (AvgIpc) is 2.17. The van der Waals surface area contributed by atoms with E-state index in [2.05, 4.69) is 22.6 Å². The van der Waals surface area contributed by atoms with Crippen molar-refractivity contribution >= 4 is 17.9 Å². The van der Waals surface area contributed by atoms with E-state index in [1.165, 1.54) is 0 Å². The number of carbonyl (C=O) groups is 3. The molecule has 0 saturated carbocycles. The summed E-state index contributed by atoms with van der Waals surface area (Å²) in [6, 6.07) is 0. The Hall–Kier alpha value is -2.15. The molecule has 0 bridgehead atoms. The number of carboxylic acid groups (broad SMARTS) is 1. The molecule has 0 aromatic heterocycles. The largest absolute Gasteiger partial charge is 0.479 e. The molecule has 0 unspecified atom stereocenters. The van der Waals surface area contributed by atoms with Gasteiger partial charge in [-0.05, 0) is 0 Å². The molecule has 0 spiro atoms. The molecule has 0 fully saturated rings. The molecule has 0 aliphatic rings. The summed E-state index contributed by atoms with van der Waals surface area (Å²) in [7, 11) is 0. The highest BCUT2D eigenvalue weighted by atomic mass is 16.5. The normalized spacial score (nSPS) is 10.2. The summed E-state index contributed by atoms with van der Waals surface area (Å²) in [5.74, 6) is -3.80. The number of carboxylic acids is 1. The number of hydrogen-bond donors (Lipinski definition) is 2. The molecule has 7 heteroatoms. The molecule has 0 saturated heterocycles. The minimum Gasteiger partial charge on any atom is -0.479 e. The van der Waals surface area contributed by atoms with E-state index in [-0.39, 0.29) is 0 Å². The first-order valence-corrected chi connectivity index (χ1v) is 4.42. The van der Waals surface area contributed by atoms with Gasteiger partial charge in [0.05, 0.1) is 25.4 Å². The summed E-state index contributed by atoms with van der Waals surface area (Å²) in [5.41, 5.74) is -2.58. The van der Waals surface area contributed by atoms with Gasteiger partial charge in [0, 0.05) is 0 Å². The van der Waals surface area contributed by atoms with Crippen LogP contribution in [-0.2, 0) is 23.9 Å². The number of ether oxygens (including phenoxy) is 2. The van der Waals surface area contributed by atoms with Crippen molar-refractivity contribution in [2.75, 3.05) is 0 Å². The van der Waals surface area contributed by atoms with Crippen molar-refractivity contribution in [2.24, 2.45) is 0 Å². The second-order valence-corrected chi connectivity index (χ2v) is 3.00. The van der Waals surface area contributed by atoms with Crippen LogP contribution in [0, 0.1) is 0 Å². The second kappa shape index (κ2) is 6.44. The lowest BCUT2D eigenvalue weighted by molar-refractivity contribution is -0.170. The van der Waals surface area contributed by atoms with Crippen LogP contribution in [0.5, 0.6) is 0 Å². The van der Waals surface area contributed by atoms with Crippen LogP contribution in [0.3, 0.4) is 0 Å². The molecule has 0 heterocycles. The van der Waals surface area contributed by atoms with Crippen LogP contribution < -0.4 is 0 Å². The van der Waals surface area contributed by atoms with Crippen LogP contribution >= 0.6 is 0 Å². The predicted molar refractivity (Wildman–Crippen MR) is 54.4 cm³/mol. The lowest BCUT2D eigenvalue weighted by Gasteiger charge is -2.20. The second-order valence-electron chi connectivity index (χ2n) is 3.00. The topological polar surface area (TPSA) is 110 Å². The minimum absolute atomic E-state index is 0.784. The molecular weight excluding hydrogens is 232 g/mol. The third-order valence-corrected chi connectivity index (χ3v) is 1.70. The van der Waals surface area contributed by atoms with E-state index in [1.807, 2.05) is 0 Å². The fourth-order valence-electron chi connectivity index (χ4n) is 0.961. The van der Waals surface area contributed by atoms with E-state index in [1.54, 1.807) is 0 Å². The van der Waals surface area contributed by atoms with Crippen LogP contribution in [0.1, 0.15) is 12.8 Å². The van der Waals surface area contributed by atoms with E-state index in [4.69, 9.17) is 5.11 Å². The third kappa shape index (κ3) is 4.94. The quantitative estimate of drug-likeness (QED) is 0.477. The number of esters is 2. The SMILES string of the molecule is C=COC(=O)CC(O)(CC(=O)OC=C)C(=O)O. The van der Waals surface area contributed by atoms with Gasteiger partial charge in [-0.25, -0.2) is 4.79 Å². The van der Waals surface area contributed by atoms with Gasteiger partial charge in [-0.2, -0.15) is 0 Å². The van der Waals surface area contributed by atoms with Gasteiger partial charge in [-0.1, -0.05) is 13.2 Å². The van der Waals surface area contributed by atoms with Crippen molar-refractivity contribution in [3.05, 3.63) is 25.7 Å². The number of aliphatic hydroxyl groups is 1. The van der Waals surface area contributed by atoms with Crippen LogP contribution in [0.15, 0.2) is 25.7 Å². The van der Waals surface area contributed by atoms with Gasteiger partial charge in [-0.3, -0.25) is 9.59 Å². The molecule has 94 valence electrons. The molecule has 7 nitrogen and oxygen atoms in total. The molecule has 0 aliphatic carbocycles. The van der Waals surface area contributed by atoms with Gasteiger partial charge in [0.15, 0.2) is 5.60 Å². The number of aliphatic carboxylic acids is 1. The van der Waals surface area contributed by atoms with E-state index < -0.39 is 36.4 Å². The van der Waals surface area contributed by atoms with Crippen molar-refractivity contribution < 1.29 is 34.1 Å². The Morgan fingerprint density at radius 3 is 1.65 bits per heavy atom. The fourth-order valence-corrected chi connectivity index (χ4v) is 0.961. The summed E-state index contributed by atoms with van der Waals surface area (Å²) in [6.07, 6.45) is -0.236. The van der Waals surface area contributed by atoms with Crippen LogP contribution in [0.4, 0.5) is 0 Å². The van der Waals surface area contributed by atoms with Gasteiger partial charge < -0.3 is 19.7 Å². The number of rotatable bonds is 7. The summed E-state index contributed by atoms with van der Waals surface area (Å²) < 4.78 is 8.52. The lowest BCUT2D eigenvalue weighted by atomic mass is 9.96. The molecule has 0 radical (unpaired) electrons. The zero-order chi connectivity index (χ0) is 13.5. The first kappa shape index (κ1) is 14.8. The molecule has 17 heavy (non-hydrogen) atoms. The lowest BCUT2D eigenvalue weighted by Crippen LogP contribution is -2.43. The maximum absolute atomic E-state index is 11.0. The zero-order valence-corrected chi connectivity index (χ0v) is 8.92. The Bertz CT molecular complexity index is 321. The van der Waals surface area contributed by atoms with Gasteiger partial charge in [0.2, 0.25) is 0 Å². The fraction of sp³-hybridized carbons (Fsp3) is 0.300. The molecule has 0 rings (SSSR count). The maximum Gasteiger partial charge on any atom is 0.336 e. The van der Waals surface area contributed by atoms with E-state index >= 15 is 0 Å². The van der Waals surface area contributed by atoms with Crippen LogP contribution in [0.25, 0.3) is 0 Å². The Labute approximate surface area is 96.9 Å². The van der Waals surface area contributed by atoms with Crippen molar-refractivity contribution in [1.29, 1.82) is 0 Å². The Morgan fingerprint density at radius 2 is 1.41 bits per heavy atom. The average molecular weight is 244 g/mol. The van der Waals surface area contributed by atoms with E-state index in [0.717, 1.165) is 12.5 Å². The highest BCUT2D eigenvalue weighted by Crippen LogP contribution is 2.18. The first-order valence-electron chi connectivity index (χ1n) is 4.42. The third-order valence-electron chi connectivity index (χ3n) is 1.70. The van der Waals surface area contributed by atoms with Crippen LogP contribution in [-0.4, -0.2) is 33.7 Å². The summed E-state index contributed by atoms with van der Waals surface area (Å²) in [6.45, 7) is 6.18. The van der Waals surface area contributed by atoms with Crippen molar-refractivity contribution in [1.82, 2.24) is 0 Å². The smallest absolute Gasteiger partial charge is 0.336 e. The van der Waals surface area contributed by atoms with Crippen molar-refractivity contribution in [3.8, 4) is 0 Å². The van der Waals surface area contributed by atoms with E-state index in [0.29, 0.717) is 0 Å². The van der Waals surface area contributed by atoms with Crippen LogP contribution in [0.2, 0.25) is 0 Å². The van der Waals surface area contributed by atoms with E-state index in [9.17, 15) is 19.5 Å². The monoisotopic (exact) mass is 244 g/mol. The molecular formula is C10H12O7. The maximum atomic E-state index is 11.0. The molecule has 0 aliphatic heterocycles. The highest BCUT2D eigenvalue weighted by Gasteiger charge is 2.41. The Morgan fingerprint density at radius 1 is 1.06 bits per heavy atom. The molecule has 2 N–H and O–H groups in total. The summed E-state index contributed by atoms with van der Waals surface area (Å²) in [5, 5.41) is 18.4. The van der Waals surface area contributed by atoms with Gasteiger partial charge in [0.25, 0.3) is 0 Å². The van der Waals surface area contributed by atoms with Gasteiger partial charge >= 0.3 is 17.9 Å². The molecule has 0 atom stereocenters. The summed E-state index contributed by atoms with van der Waals surface area (Å²) >= 11 is 0. The van der Waals surface area contributed by atoms with Gasteiger partial charge in [0.1, 0.15) is 0 Å². The predicted octanol–water partition coefficient (Wildman–Crippen LogP) is -0.0443. The molecule has 0 aromatic carbocycles. The Kier molecular flexibility index (Phi) is 5.62. The molecule has 0 aromatic rings. The first-order chi connectivity index (χ1) is 7.85.